The fraction of sp³-hybridized carbons (Fsp3) is 0.692. The second-order valence-corrected chi connectivity index (χ2v) is 4.98. The van der Waals surface area contributed by atoms with Gasteiger partial charge in [-0.3, -0.25) is 9.69 Å². The van der Waals surface area contributed by atoms with Crippen molar-refractivity contribution in [1.29, 1.82) is 5.26 Å². The van der Waals surface area contributed by atoms with E-state index in [1.807, 2.05) is 17.9 Å². The summed E-state index contributed by atoms with van der Waals surface area (Å²) in [4.78, 5) is 15.9. The Hall–Kier alpha value is -1.34. The average Bonchev–Trinajstić information content (AvgIpc) is 2.70. The predicted octanol–water partition coefficient (Wildman–Crippen LogP) is 1.15. The molecule has 2 aliphatic heterocycles. The van der Waals surface area contributed by atoms with Crippen LogP contribution in [0.4, 0.5) is 0 Å². The van der Waals surface area contributed by atoms with Crippen LogP contribution in [-0.4, -0.2) is 47.4 Å². The molecule has 0 bridgehead atoms. The summed E-state index contributed by atoms with van der Waals surface area (Å²) in [5, 5.41) is 8.78. The number of hydrogen-bond acceptors (Lipinski definition) is 3. The van der Waals surface area contributed by atoms with Crippen molar-refractivity contribution in [2.75, 3.05) is 19.6 Å². The molecule has 2 heterocycles. The predicted molar refractivity (Wildman–Crippen MR) is 65.1 cm³/mol. The van der Waals surface area contributed by atoms with E-state index in [9.17, 15) is 4.79 Å². The van der Waals surface area contributed by atoms with Gasteiger partial charge in [-0.05, 0) is 20.3 Å². The molecule has 0 aromatic rings. The van der Waals surface area contributed by atoms with E-state index < -0.39 is 0 Å². The van der Waals surface area contributed by atoms with Crippen LogP contribution in [0, 0.1) is 11.3 Å². The first-order chi connectivity index (χ1) is 8.11. The van der Waals surface area contributed by atoms with Gasteiger partial charge in [0.2, 0.25) is 5.91 Å². The van der Waals surface area contributed by atoms with Crippen molar-refractivity contribution < 1.29 is 4.79 Å². The standard InChI is InChI=1S/C13H19N3O/c1-10(8-14)7-11(2)15-5-6-16-12(9-15)3-4-13(16)17/h7,11-12H,3-6,9H2,1-2H3/t11?,12-/m1/s1. The molecule has 0 N–H and O–H groups in total. The Balaban J connectivity index is 1.98. The molecule has 2 atom stereocenters. The minimum absolute atomic E-state index is 0.285. The lowest BCUT2D eigenvalue weighted by molar-refractivity contribution is -0.130. The zero-order chi connectivity index (χ0) is 12.4. The third-order valence-electron chi connectivity index (χ3n) is 3.77. The molecule has 2 rings (SSSR count). The second-order valence-electron chi connectivity index (χ2n) is 4.98. The molecule has 0 saturated carbocycles. The fourth-order valence-electron chi connectivity index (χ4n) is 2.76. The molecule has 0 radical (unpaired) electrons. The van der Waals surface area contributed by atoms with Crippen LogP contribution in [0.3, 0.4) is 0 Å². The average molecular weight is 233 g/mol. The summed E-state index contributed by atoms with van der Waals surface area (Å²) in [6.45, 7) is 6.66. The maximum atomic E-state index is 11.6. The third-order valence-corrected chi connectivity index (χ3v) is 3.77. The number of nitriles is 1. The van der Waals surface area contributed by atoms with E-state index in [1.165, 1.54) is 0 Å². The molecular weight excluding hydrogens is 214 g/mol. The Kier molecular flexibility index (Phi) is 3.49. The summed E-state index contributed by atoms with van der Waals surface area (Å²) < 4.78 is 0. The van der Waals surface area contributed by atoms with E-state index in [1.54, 1.807) is 0 Å². The summed E-state index contributed by atoms with van der Waals surface area (Å²) in [6.07, 6.45) is 3.70. The molecule has 1 amide bonds. The number of allylic oxidation sites excluding steroid dienone is 1. The van der Waals surface area contributed by atoms with Gasteiger partial charge in [0, 0.05) is 43.7 Å². The minimum atomic E-state index is 0.285. The number of hydrogen-bond donors (Lipinski definition) is 0. The highest BCUT2D eigenvalue weighted by Gasteiger charge is 2.36. The maximum absolute atomic E-state index is 11.6. The van der Waals surface area contributed by atoms with Gasteiger partial charge in [0.1, 0.15) is 0 Å². The van der Waals surface area contributed by atoms with Crippen molar-refractivity contribution in [2.45, 2.75) is 38.8 Å². The van der Waals surface area contributed by atoms with Crippen LogP contribution in [0.1, 0.15) is 26.7 Å². The highest BCUT2D eigenvalue weighted by atomic mass is 16.2. The van der Waals surface area contributed by atoms with Gasteiger partial charge < -0.3 is 4.90 Å². The molecule has 0 aromatic heterocycles. The molecule has 92 valence electrons. The molecule has 0 aliphatic carbocycles. The first-order valence-corrected chi connectivity index (χ1v) is 6.24. The Labute approximate surface area is 102 Å². The lowest BCUT2D eigenvalue weighted by Gasteiger charge is -2.39. The molecule has 2 aliphatic rings. The minimum Gasteiger partial charge on any atom is -0.337 e. The zero-order valence-corrected chi connectivity index (χ0v) is 10.5. The van der Waals surface area contributed by atoms with E-state index in [-0.39, 0.29) is 6.04 Å². The fourth-order valence-corrected chi connectivity index (χ4v) is 2.76. The molecule has 1 unspecified atom stereocenters. The Morgan fingerprint density at radius 1 is 1.59 bits per heavy atom. The van der Waals surface area contributed by atoms with Gasteiger partial charge in [-0.15, -0.1) is 0 Å². The van der Waals surface area contributed by atoms with Gasteiger partial charge in [0.25, 0.3) is 0 Å². The lowest BCUT2D eigenvalue weighted by atomic mass is 10.1. The SMILES string of the molecule is CC(C#N)=CC(C)N1CCN2C(=O)CC[C@@H]2C1. The first-order valence-electron chi connectivity index (χ1n) is 6.24. The smallest absolute Gasteiger partial charge is 0.222 e. The summed E-state index contributed by atoms with van der Waals surface area (Å²) in [6, 6.07) is 2.84. The van der Waals surface area contributed by atoms with Gasteiger partial charge in [-0.25, -0.2) is 0 Å². The number of piperazine rings is 1. The molecule has 4 heteroatoms. The number of carbonyl (C=O) groups excluding carboxylic acids is 1. The first kappa shape index (κ1) is 12.1. The topological polar surface area (TPSA) is 47.3 Å². The highest BCUT2D eigenvalue weighted by molar-refractivity contribution is 5.78. The normalized spacial score (nSPS) is 27.8. The van der Waals surface area contributed by atoms with Crippen molar-refractivity contribution in [1.82, 2.24) is 9.80 Å². The highest BCUT2D eigenvalue weighted by Crippen LogP contribution is 2.24. The van der Waals surface area contributed by atoms with Crippen LogP contribution in [-0.2, 0) is 4.79 Å². The van der Waals surface area contributed by atoms with Gasteiger partial charge in [0.15, 0.2) is 0 Å². The van der Waals surface area contributed by atoms with E-state index in [0.29, 0.717) is 18.4 Å². The summed E-state index contributed by atoms with van der Waals surface area (Å²) in [5.74, 6) is 0.311. The largest absolute Gasteiger partial charge is 0.337 e. The Morgan fingerprint density at radius 2 is 2.35 bits per heavy atom. The van der Waals surface area contributed by atoms with Crippen LogP contribution < -0.4 is 0 Å². The molecule has 2 saturated heterocycles. The van der Waals surface area contributed by atoms with Crippen molar-refractivity contribution in [3.05, 3.63) is 11.6 Å². The van der Waals surface area contributed by atoms with E-state index in [4.69, 9.17) is 5.26 Å². The monoisotopic (exact) mass is 233 g/mol. The Morgan fingerprint density at radius 3 is 3.06 bits per heavy atom. The van der Waals surface area contributed by atoms with Gasteiger partial charge >= 0.3 is 0 Å². The van der Waals surface area contributed by atoms with Crippen LogP contribution in [0.25, 0.3) is 0 Å². The number of fused-ring (bicyclic) bond motifs is 1. The van der Waals surface area contributed by atoms with Crippen LogP contribution in [0.2, 0.25) is 0 Å². The van der Waals surface area contributed by atoms with Crippen LogP contribution >= 0.6 is 0 Å². The van der Waals surface area contributed by atoms with Crippen molar-refractivity contribution in [3.8, 4) is 6.07 Å². The summed E-state index contributed by atoms with van der Waals surface area (Å²) in [5.41, 5.74) is 0.766. The van der Waals surface area contributed by atoms with Crippen molar-refractivity contribution in [3.63, 3.8) is 0 Å². The Bertz CT molecular complexity index is 383. The van der Waals surface area contributed by atoms with Crippen molar-refractivity contribution in [2.24, 2.45) is 0 Å². The van der Waals surface area contributed by atoms with E-state index in [2.05, 4.69) is 17.9 Å². The molecule has 4 nitrogen and oxygen atoms in total. The number of rotatable bonds is 2. The molecular formula is C13H19N3O. The van der Waals surface area contributed by atoms with E-state index >= 15 is 0 Å². The number of nitrogens with zero attached hydrogens (tertiary/aromatic N) is 3. The van der Waals surface area contributed by atoms with E-state index in [0.717, 1.165) is 31.6 Å². The van der Waals surface area contributed by atoms with Gasteiger partial charge in [0.05, 0.1) is 6.07 Å². The summed E-state index contributed by atoms with van der Waals surface area (Å²) >= 11 is 0. The van der Waals surface area contributed by atoms with Crippen LogP contribution in [0.15, 0.2) is 11.6 Å². The molecule has 0 spiro atoms. The molecule has 2 fully saturated rings. The van der Waals surface area contributed by atoms with Crippen LogP contribution in [0.5, 0.6) is 0 Å². The number of amides is 1. The third kappa shape index (κ3) is 2.50. The number of carbonyl (C=O) groups is 1. The van der Waals surface area contributed by atoms with Gasteiger partial charge in [-0.2, -0.15) is 5.26 Å². The second kappa shape index (κ2) is 4.89. The lowest BCUT2D eigenvalue weighted by Crippen LogP contribution is -2.53. The van der Waals surface area contributed by atoms with Gasteiger partial charge in [-0.1, -0.05) is 6.08 Å². The zero-order valence-electron chi connectivity index (χ0n) is 10.5. The molecule has 17 heavy (non-hydrogen) atoms. The maximum Gasteiger partial charge on any atom is 0.222 e. The van der Waals surface area contributed by atoms with Crippen molar-refractivity contribution >= 4 is 5.91 Å². The molecule has 0 aromatic carbocycles. The summed E-state index contributed by atoms with van der Waals surface area (Å²) in [7, 11) is 0. The quantitative estimate of drug-likeness (QED) is 0.672.